The highest BCUT2D eigenvalue weighted by Crippen LogP contribution is 2.29. The lowest BCUT2D eigenvalue weighted by molar-refractivity contribution is -0.143. The molecule has 3 nitrogen and oxygen atoms in total. The Labute approximate surface area is 86.6 Å². The number of carbonyl (C=O) groups excluding carboxylic acids is 1. The van der Waals surface area contributed by atoms with E-state index in [0.717, 1.165) is 19.3 Å². The maximum Gasteiger partial charge on any atom is 0.229 e. The second kappa shape index (κ2) is 4.30. The first kappa shape index (κ1) is 11.5. The van der Waals surface area contributed by atoms with Crippen molar-refractivity contribution in [2.75, 3.05) is 13.6 Å². The molecular formula is C11H22N2O. The molecule has 1 aliphatic rings. The van der Waals surface area contributed by atoms with Crippen LogP contribution in [0, 0.1) is 5.41 Å². The van der Waals surface area contributed by atoms with Gasteiger partial charge in [0.2, 0.25) is 5.91 Å². The van der Waals surface area contributed by atoms with Crippen molar-refractivity contribution in [2.24, 2.45) is 11.1 Å². The summed E-state index contributed by atoms with van der Waals surface area (Å²) in [6.07, 6.45) is 4.40. The van der Waals surface area contributed by atoms with E-state index in [1.165, 1.54) is 6.42 Å². The van der Waals surface area contributed by atoms with E-state index in [0.29, 0.717) is 12.6 Å². The van der Waals surface area contributed by atoms with Gasteiger partial charge in [0.1, 0.15) is 0 Å². The number of hydrogen-bond donors (Lipinski definition) is 1. The van der Waals surface area contributed by atoms with Crippen LogP contribution in [0.15, 0.2) is 0 Å². The molecular weight excluding hydrogens is 176 g/mol. The minimum absolute atomic E-state index is 0.215. The largest absolute Gasteiger partial charge is 0.342 e. The van der Waals surface area contributed by atoms with Gasteiger partial charge in [-0.3, -0.25) is 4.79 Å². The molecule has 0 spiro atoms. The van der Waals surface area contributed by atoms with Crippen molar-refractivity contribution in [3.8, 4) is 0 Å². The quantitative estimate of drug-likeness (QED) is 0.741. The van der Waals surface area contributed by atoms with Gasteiger partial charge in [0.05, 0.1) is 5.41 Å². The molecule has 1 saturated carbocycles. The Hall–Kier alpha value is -0.570. The van der Waals surface area contributed by atoms with Gasteiger partial charge in [0.15, 0.2) is 0 Å². The Balaban J connectivity index is 2.61. The van der Waals surface area contributed by atoms with Crippen LogP contribution in [0.1, 0.15) is 39.5 Å². The molecule has 1 amide bonds. The molecule has 0 saturated heterocycles. The zero-order chi connectivity index (χ0) is 10.8. The predicted molar refractivity (Wildman–Crippen MR) is 57.9 cm³/mol. The average Bonchev–Trinajstić information content (AvgIpc) is 2.12. The van der Waals surface area contributed by atoms with Crippen LogP contribution in [0.5, 0.6) is 0 Å². The highest BCUT2D eigenvalue weighted by molar-refractivity contribution is 5.82. The molecule has 3 heteroatoms. The molecule has 1 fully saturated rings. The first-order valence-corrected chi connectivity index (χ1v) is 5.52. The summed E-state index contributed by atoms with van der Waals surface area (Å²) < 4.78 is 0. The topological polar surface area (TPSA) is 46.3 Å². The Bertz CT molecular complexity index is 207. The lowest BCUT2D eigenvalue weighted by Crippen LogP contribution is -2.50. The van der Waals surface area contributed by atoms with E-state index in [1.807, 2.05) is 25.8 Å². The third-order valence-electron chi connectivity index (χ3n) is 3.69. The second-order valence-corrected chi connectivity index (χ2v) is 4.62. The van der Waals surface area contributed by atoms with Gasteiger partial charge < -0.3 is 10.6 Å². The molecule has 1 aliphatic carbocycles. The predicted octanol–water partition coefficient (Wildman–Crippen LogP) is 1.37. The molecule has 0 bridgehead atoms. The highest BCUT2D eigenvalue weighted by Gasteiger charge is 2.36. The van der Waals surface area contributed by atoms with E-state index in [4.69, 9.17) is 5.73 Å². The van der Waals surface area contributed by atoms with Crippen LogP contribution in [0.4, 0.5) is 0 Å². The summed E-state index contributed by atoms with van der Waals surface area (Å²) in [5, 5.41) is 0. The second-order valence-electron chi connectivity index (χ2n) is 4.62. The number of amides is 1. The first-order chi connectivity index (χ1) is 6.55. The van der Waals surface area contributed by atoms with Crippen molar-refractivity contribution in [3.63, 3.8) is 0 Å². The molecule has 1 unspecified atom stereocenters. The molecule has 0 aliphatic heterocycles. The minimum atomic E-state index is -0.357. The number of nitrogens with two attached hydrogens (primary N) is 1. The fraction of sp³-hybridized carbons (Fsp3) is 0.909. The Kier molecular flexibility index (Phi) is 3.53. The molecule has 0 aromatic heterocycles. The zero-order valence-electron chi connectivity index (χ0n) is 9.55. The summed E-state index contributed by atoms with van der Waals surface area (Å²) >= 11 is 0. The molecule has 1 atom stereocenters. The number of carbonyl (C=O) groups is 1. The zero-order valence-corrected chi connectivity index (χ0v) is 9.55. The molecule has 82 valence electrons. The van der Waals surface area contributed by atoms with Gasteiger partial charge in [-0.2, -0.15) is 0 Å². The van der Waals surface area contributed by atoms with Gasteiger partial charge in [-0.1, -0.05) is 6.92 Å². The van der Waals surface area contributed by atoms with E-state index >= 15 is 0 Å². The van der Waals surface area contributed by atoms with Crippen LogP contribution >= 0.6 is 0 Å². The van der Waals surface area contributed by atoms with Gasteiger partial charge >= 0.3 is 0 Å². The van der Waals surface area contributed by atoms with E-state index in [2.05, 4.69) is 0 Å². The van der Waals surface area contributed by atoms with Crippen LogP contribution in [-0.2, 0) is 4.79 Å². The van der Waals surface area contributed by atoms with E-state index in [-0.39, 0.29) is 11.3 Å². The number of rotatable bonds is 4. The summed E-state index contributed by atoms with van der Waals surface area (Å²) in [4.78, 5) is 14.0. The number of nitrogens with zero attached hydrogens (tertiary/aromatic N) is 1. The van der Waals surface area contributed by atoms with Crippen LogP contribution in [0.25, 0.3) is 0 Å². The van der Waals surface area contributed by atoms with Gasteiger partial charge in [-0.25, -0.2) is 0 Å². The summed E-state index contributed by atoms with van der Waals surface area (Å²) in [6.45, 7) is 4.43. The normalized spacial score (nSPS) is 21.1. The fourth-order valence-corrected chi connectivity index (χ4v) is 1.75. The minimum Gasteiger partial charge on any atom is -0.342 e. The van der Waals surface area contributed by atoms with Crippen LogP contribution < -0.4 is 5.73 Å². The van der Waals surface area contributed by atoms with E-state index in [9.17, 15) is 4.79 Å². The van der Waals surface area contributed by atoms with Crippen molar-refractivity contribution in [3.05, 3.63) is 0 Å². The smallest absolute Gasteiger partial charge is 0.229 e. The Morgan fingerprint density at radius 3 is 2.43 bits per heavy atom. The van der Waals surface area contributed by atoms with Gasteiger partial charge in [-0.15, -0.1) is 0 Å². The average molecular weight is 198 g/mol. The first-order valence-electron chi connectivity index (χ1n) is 5.52. The summed E-state index contributed by atoms with van der Waals surface area (Å²) in [5.74, 6) is 0.215. The van der Waals surface area contributed by atoms with Gasteiger partial charge in [0.25, 0.3) is 0 Å². The summed E-state index contributed by atoms with van der Waals surface area (Å²) in [6, 6.07) is 0.472. The monoisotopic (exact) mass is 198 g/mol. The maximum absolute atomic E-state index is 12.1. The third kappa shape index (κ3) is 1.92. The molecule has 1 rings (SSSR count). The Morgan fingerprint density at radius 1 is 1.57 bits per heavy atom. The molecule has 0 aromatic carbocycles. The third-order valence-corrected chi connectivity index (χ3v) is 3.69. The van der Waals surface area contributed by atoms with E-state index in [1.54, 1.807) is 0 Å². The van der Waals surface area contributed by atoms with Crippen LogP contribution in [0.2, 0.25) is 0 Å². The molecule has 14 heavy (non-hydrogen) atoms. The van der Waals surface area contributed by atoms with Crippen LogP contribution in [-0.4, -0.2) is 30.4 Å². The fourth-order valence-electron chi connectivity index (χ4n) is 1.75. The van der Waals surface area contributed by atoms with Crippen molar-refractivity contribution >= 4 is 5.91 Å². The molecule has 2 N–H and O–H groups in total. The lowest BCUT2D eigenvalue weighted by atomic mass is 9.83. The van der Waals surface area contributed by atoms with Gasteiger partial charge in [-0.05, 0) is 32.6 Å². The van der Waals surface area contributed by atoms with Crippen molar-refractivity contribution in [1.29, 1.82) is 0 Å². The Morgan fingerprint density at radius 2 is 2.14 bits per heavy atom. The number of hydrogen-bond acceptors (Lipinski definition) is 2. The summed E-state index contributed by atoms with van der Waals surface area (Å²) in [5.41, 5.74) is 5.31. The van der Waals surface area contributed by atoms with Crippen molar-refractivity contribution < 1.29 is 4.79 Å². The summed E-state index contributed by atoms with van der Waals surface area (Å²) in [7, 11) is 1.91. The van der Waals surface area contributed by atoms with E-state index < -0.39 is 0 Å². The molecule has 0 heterocycles. The van der Waals surface area contributed by atoms with Gasteiger partial charge in [0, 0.05) is 19.6 Å². The standard InChI is InChI=1S/C11H22N2O/c1-4-11(2,8-12)10(14)13(3)9-6-5-7-9/h9H,4-8,12H2,1-3H3. The maximum atomic E-state index is 12.1. The lowest BCUT2D eigenvalue weighted by Gasteiger charge is -2.39. The molecule has 0 radical (unpaired) electrons. The van der Waals surface area contributed by atoms with Crippen molar-refractivity contribution in [1.82, 2.24) is 4.90 Å². The highest BCUT2D eigenvalue weighted by atomic mass is 16.2. The van der Waals surface area contributed by atoms with Crippen LogP contribution in [0.3, 0.4) is 0 Å². The molecule has 0 aromatic rings. The van der Waals surface area contributed by atoms with Crippen molar-refractivity contribution in [2.45, 2.75) is 45.6 Å². The SMILES string of the molecule is CCC(C)(CN)C(=O)N(C)C1CCC1.